The van der Waals surface area contributed by atoms with Gasteiger partial charge in [-0.3, -0.25) is 0 Å². The van der Waals surface area contributed by atoms with Crippen molar-refractivity contribution in [2.75, 3.05) is 6.54 Å². The Morgan fingerprint density at radius 3 is 2.26 bits per heavy atom. The molecule has 0 unspecified atom stereocenters. The smallest absolute Gasteiger partial charge is 0.407 e. The maximum Gasteiger partial charge on any atom is 0.407 e. The highest BCUT2D eigenvalue weighted by Gasteiger charge is 2.16. The molecule has 0 radical (unpaired) electrons. The van der Waals surface area contributed by atoms with Gasteiger partial charge in [-0.1, -0.05) is 0 Å². The minimum Gasteiger partial charge on any atom is -0.507 e. The van der Waals surface area contributed by atoms with Gasteiger partial charge >= 0.3 is 6.09 Å². The number of ether oxygens (including phenoxy) is 2. The molecule has 0 saturated carbocycles. The first kappa shape index (κ1) is 22.8. The average molecular weight is 707 g/mol. The van der Waals surface area contributed by atoms with Crippen molar-refractivity contribution in [1.29, 1.82) is 0 Å². The van der Waals surface area contributed by atoms with Crippen LogP contribution in [0.1, 0.15) is 26.3 Å². The van der Waals surface area contributed by atoms with Crippen molar-refractivity contribution >= 4 is 73.9 Å². The van der Waals surface area contributed by atoms with Crippen molar-refractivity contribution in [3.63, 3.8) is 0 Å². The van der Waals surface area contributed by atoms with Gasteiger partial charge in [0, 0.05) is 6.54 Å². The van der Waals surface area contributed by atoms with Gasteiger partial charge in [-0.2, -0.15) is 0 Å². The van der Waals surface area contributed by atoms with E-state index in [-0.39, 0.29) is 5.75 Å². The molecule has 27 heavy (non-hydrogen) atoms. The van der Waals surface area contributed by atoms with E-state index in [9.17, 15) is 9.90 Å². The third-order valence-corrected chi connectivity index (χ3v) is 5.75. The lowest BCUT2D eigenvalue weighted by Gasteiger charge is -2.19. The van der Waals surface area contributed by atoms with E-state index in [0.29, 0.717) is 18.7 Å². The van der Waals surface area contributed by atoms with Crippen LogP contribution in [-0.4, -0.2) is 23.3 Å². The monoisotopic (exact) mass is 707 g/mol. The summed E-state index contributed by atoms with van der Waals surface area (Å²) in [6.07, 6.45) is 0.289. The Balaban J connectivity index is 2.01. The van der Waals surface area contributed by atoms with Crippen molar-refractivity contribution in [1.82, 2.24) is 5.32 Å². The van der Waals surface area contributed by atoms with Gasteiger partial charge in [0.05, 0.1) is 10.7 Å². The Hall–Kier alpha value is -0.500. The quantitative estimate of drug-likeness (QED) is 0.371. The van der Waals surface area contributed by atoms with Gasteiger partial charge in [0.25, 0.3) is 0 Å². The number of phenolic OH excluding ortho intramolecular Hbond substituents is 1. The van der Waals surface area contributed by atoms with Crippen LogP contribution in [0.5, 0.6) is 17.2 Å². The molecule has 0 aromatic heterocycles. The predicted octanol–water partition coefficient (Wildman–Crippen LogP) is 6.07. The molecular weight excluding hydrogens is 687 g/mol. The van der Waals surface area contributed by atoms with Crippen LogP contribution >= 0.6 is 67.8 Å². The van der Waals surface area contributed by atoms with E-state index in [0.717, 1.165) is 22.0 Å². The summed E-state index contributed by atoms with van der Waals surface area (Å²) >= 11 is 6.55. The second kappa shape index (κ2) is 9.81. The van der Waals surface area contributed by atoms with Crippen LogP contribution in [0.3, 0.4) is 0 Å². The van der Waals surface area contributed by atoms with E-state index < -0.39 is 11.7 Å². The molecular formula is C19H20I3NO4. The summed E-state index contributed by atoms with van der Waals surface area (Å²) in [5.41, 5.74) is 0.604. The van der Waals surface area contributed by atoms with Gasteiger partial charge < -0.3 is 19.9 Å². The number of amides is 1. The molecule has 0 saturated heterocycles. The Morgan fingerprint density at radius 1 is 1.07 bits per heavy atom. The molecule has 0 spiro atoms. The topological polar surface area (TPSA) is 67.8 Å². The third kappa shape index (κ3) is 7.44. The van der Waals surface area contributed by atoms with Crippen LogP contribution in [0.4, 0.5) is 4.79 Å². The van der Waals surface area contributed by atoms with Crippen LogP contribution < -0.4 is 10.1 Å². The Labute approximate surface area is 200 Å². The summed E-state index contributed by atoms with van der Waals surface area (Å²) in [6.45, 7) is 6.01. The predicted molar refractivity (Wildman–Crippen MR) is 131 cm³/mol. The van der Waals surface area contributed by atoms with Crippen molar-refractivity contribution in [3.8, 4) is 17.2 Å². The number of phenols is 1. The van der Waals surface area contributed by atoms with E-state index in [2.05, 4.69) is 73.1 Å². The minimum atomic E-state index is -0.500. The number of alkyl carbamates (subject to hydrolysis) is 1. The number of benzene rings is 2. The Kier molecular flexibility index (Phi) is 8.28. The second-order valence-electron chi connectivity index (χ2n) is 6.78. The average Bonchev–Trinajstić information content (AvgIpc) is 2.52. The van der Waals surface area contributed by atoms with Crippen molar-refractivity contribution in [2.24, 2.45) is 0 Å². The van der Waals surface area contributed by atoms with Gasteiger partial charge in [-0.15, -0.1) is 0 Å². The van der Waals surface area contributed by atoms with Crippen LogP contribution in [-0.2, 0) is 11.2 Å². The summed E-state index contributed by atoms with van der Waals surface area (Å²) in [4.78, 5) is 11.7. The fourth-order valence-electron chi connectivity index (χ4n) is 2.15. The molecule has 2 aromatic rings. The lowest BCUT2D eigenvalue weighted by molar-refractivity contribution is 0.0528. The summed E-state index contributed by atoms with van der Waals surface area (Å²) in [5, 5.41) is 12.4. The number of hydrogen-bond acceptors (Lipinski definition) is 4. The number of halogens is 3. The molecule has 0 aliphatic rings. The molecule has 2 aromatic carbocycles. The summed E-state index contributed by atoms with van der Waals surface area (Å²) in [6, 6.07) is 9.23. The summed E-state index contributed by atoms with van der Waals surface area (Å²) in [5.74, 6) is 1.69. The van der Waals surface area contributed by atoms with Crippen LogP contribution in [0.15, 0.2) is 30.3 Å². The number of carbonyl (C=O) groups is 1. The SMILES string of the molecule is CC(C)(C)OC(=O)NCCc1cc(I)c(Oc2ccc(O)c(I)c2)c(I)c1. The molecule has 146 valence electrons. The number of aromatic hydroxyl groups is 1. The number of carbonyl (C=O) groups excluding carboxylic acids is 1. The van der Waals surface area contributed by atoms with Gasteiger partial charge in [0.15, 0.2) is 5.75 Å². The van der Waals surface area contributed by atoms with Crippen LogP contribution in [0.25, 0.3) is 0 Å². The molecule has 1 amide bonds. The lowest BCUT2D eigenvalue weighted by Crippen LogP contribution is -2.33. The van der Waals surface area contributed by atoms with Gasteiger partial charge in [0.2, 0.25) is 0 Å². The van der Waals surface area contributed by atoms with Crippen LogP contribution in [0, 0.1) is 10.7 Å². The standard InChI is InChI=1S/C19H20I3NO4/c1-19(2,3)27-18(25)23-7-6-11-8-14(21)17(15(22)9-11)26-12-4-5-16(24)13(20)10-12/h4-5,8-10,24H,6-7H2,1-3H3,(H,23,25). The Morgan fingerprint density at radius 2 is 1.70 bits per heavy atom. The third-order valence-electron chi connectivity index (χ3n) is 3.28. The number of hydrogen-bond donors (Lipinski definition) is 2. The first-order valence-electron chi connectivity index (χ1n) is 8.16. The maximum atomic E-state index is 11.7. The second-order valence-corrected chi connectivity index (χ2v) is 10.3. The molecule has 5 nitrogen and oxygen atoms in total. The first-order valence-corrected chi connectivity index (χ1v) is 11.4. The zero-order valence-corrected chi connectivity index (χ0v) is 21.6. The van der Waals surface area contributed by atoms with E-state index >= 15 is 0 Å². The molecule has 0 bridgehead atoms. The summed E-state index contributed by atoms with van der Waals surface area (Å²) in [7, 11) is 0. The van der Waals surface area contributed by atoms with E-state index in [4.69, 9.17) is 9.47 Å². The first-order chi connectivity index (χ1) is 12.5. The Bertz CT molecular complexity index is 811. The maximum absolute atomic E-state index is 11.7. The molecule has 0 fully saturated rings. The number of rotatable bonds is 5. The van der Waals surface area contributed by atoms with E-state index in [1.54, 1.807) is 18.2 Å². The highest BCUT2D eigenvalue weighted by molar-refractivity contribution is 14.1. The molecule has 0 aliphatic carbocycles. The fourth-order valence-corrected chi connectivity index (χ4v) is 4.75. The van der Waals surface area contributed by atoms with Crippen molar-refractivity contribution in [3.05, 3.63) is 46.6 Å². The molecule has 0 heterocycles. The van der Waals surface area contributed by atoms with Gasteiger partial charge in [0.1, 0.15) is 17.1 Å². The van der Waals surface area contributed by atoms with Crippen LogP contribution in [0.2, 0.25) is 0 Å². The highest BCUT2D eigenvalue weighted by Crippen LogP contribution is 2.34. The molecule has 0 aliphatic heterocycles. The van der Waals surface area contributed by atoms with E-state index in [1.807, 2.05) is 32.9 Å². The lowest BCUT2D eigenvalue weighted by atomic mass is 10.1. The molecule has 2 rings (SSSR count). The molecule has 8 heteroatoms. The van der Waals surface area contributed by atoms with Gasteiger partial charge in [-0.25, -0.2) is 4.79 Å². The summed E-state index contributed by atoms with van der Waals surface area (Å²) < 4.78 is 13.9. The highest BCUT2D eigenvalue weighted by atomic mass is 127. The zero-order chi connectivity index (χ0) is 20.2. The van der Waals surface area contributed by atoms with E-state index in [1.165, 1.54) is 0 Å². The van der Waals surface area contributed by atoms with Crippen molar-refractivity contribution in [2.45, 2.75) is 32.8 Å². The van der Waals surface area contributed by atoms with Gasteiger partial charge in [-0.05, 0) is 131 Å². The fraction of sp³-hybridized carbons (Fsp3) is 0.316. The number of nitrogens with one attached hydrogen (secondary N) is 1. The largest absolute Gasteiger partial charge is 0.507 e. The molecule has 0 atom stereocenters. The normalized spacial score (nSPS) is 11.2. The molecule has 2 N–H and O–H groups in total. The zero-order valence-electron chi connectivity index (χ0n) is 15.1. The van der Waals surface area contributed by atoms with Crippen molar-refractivity contribution < 1.29 is 19.4 Å². The minimum absolute atomic E-state index is 0.236.